The van der Waals surface area contributed by atoms with Gasteiger partial charge in [-0.3, -0.25) is 0 Å². The summed E-state index contributed by atoms with van der Waals surface area (Å²) in [5, 5.41) is 5.63. The van der Waals surface area contributed by atoms with Gasteiger partial charge in [0, 0.05) is 10.0 Å². The van der Waals surface area contributed by atoms with Crippen molar-refractivity contribution in [2.45, 2.75) is 13.0 Å². The van der Waals surface area contributed by atoms with E-state index >= 15 is 0 Å². The maximum absolute atomic E-state index is 6.18. The number of rotatable bonds is 3. The van der Waals surface area contributed by atoms with Crippen LogP contribution >= 0.6 is 46.4 Å². The Morgan fingerprint density at radius 2 is 1.53 bits per heavy atom. The van der Waals surface area contributed by atoms with Crippen molar-refractivity contribution in [1.82, 2.24) is 0 Å². The van der Waals surface area contributed by atoms with Crippen LogP contribution in [-0.2, 0) is 0 Å². The molecule has 0 saturated heterocycles. The van der Waals surface area contributed by atoms with Gasteiger partial charge in [0.1, 0.15) is 0 Å². The van der Waals surface area contributed by atoms with Crippen molar-refractivity contribution in [3.63, 3.8) is 0 Å². The summed E-state index contributed by atoms with van der Waals surface area (Å²) >= 11 is 24.3. The highest BCUT2D eigenvalue weighted by molar-refractivity contribution is 6.39. The number of benzene rings is 2. The maximum atomic E-state index is 6.18. The molecule has 0 aromatic heterocycles. The number of nitrogens with one attached hydrogen (secondary N) is 1. The second kappa shape index (κ2) is 6.23. The number of anilines is 1. The molecule has 0 aliphatic rings. The Morgan fingerprint density at radius 1 is 0.895 bits per heavy atom. The van der Waals surface area contributed by atoms with E-state index in [2.05, 4.69) is 5.32 Å². The monoisotopic (exact) mass is 333 g/mol. The van der Waals surface area contributed by atoms with Crippen LogP contribution in [0.1, 0.15) is 18.5 Å². The molecule has 1 unspecified atom stereocenters. The van der Waals surface area contributed by atoms with Gasteiger partial charge in [0.15, 0.2) is 0 Å². The van der Waals surface area contributed by atoms with E-state index in [-0.39, 0.29) is 6.04 Å². The molecule has 2 aromatic rings. The third kappa shape index (κ3) is 3.49. The first-order chi connectivity index (χ1) is 8.99. The molecule has 19 heavy (non-hydrogen) atoms. The SMILES string of the molecule is CC(Nc1c(Cl)cccc1Cl)c1ccc(Cl)cc1Cl. The molecule has 0 aliphatic carbocycles. The van der Waals surface area contributed by atoms with Gasteiger partial charge in [0.25, 0.3) is 0 Å². The normalized spacial score (nSPS) is 12.3. The molecular weight excluding hydrogens is 324 g/mol. The van der Waals surface area contributed by atoms with Crippen molar-refractivity contribution in [2.24, 2.45) is 0 Å². The molecule has 1 N–H and O–H groups in total. The Balaban J connectivity index is 2.28. The van der Waals surface area contributed by atoms with Gasteiger partial charge < -0.3 is 5.32 Å². The lowest BCUT2D eigenvalue weighted by atomic mass is 10.1. The first-order valence-electron chi connectivity index (χ1n) is 5.64. The maximum Gasteiger partial charge on any atom is 0.0723 e. The predicted molar refractivity (Wildman–Crippen MR) is 85.0 cm³/mol. The van der Waals surface area contributed by atoms with Crippen LogP contribution in [0, 0.1) is 0 Å². The zero-order valence-electron chi connectivity index (χ0n) is 10.1. The molecule has 2 aromatic carbocycles. The molecular formula is C14H11Cl4N. The fourth-order valence-corrected chi connectivity index (χ4v) is 2.86. The minimum atomic E-state index is -0.0397. The number of hydrogen-bond acceptors (Lipinski definition) is 1. The standard InChI is InChI=1S/C14H11Cl4N/c1-8(10-6-5-9(15)7-13(10)18)19-14-11(16)3-2-4-12(14)17/h2-8,19H,1H3. The van der Waals surface area contributed by atoms with Crippen molar-refractivity contribution in [3.8, 4) is 0 Å². The summed E-state index contributed by atoms with van der Waals surface area (Å²) in [4.78, 5) is 0. The van der Waals surface area contributed by atoms with E-state index < -0.39 is 0 Å². The van der Waals surface area contributed by atoms with Gasteiger partial charge in [-0.1, -0.05) is 58.5 Å². The van der Waals surface area contributed by atoms with Gasteiger partial charge in [-0.05, 0) is 36.8 Å². The van der Waals surface area contributed by atoms with Crippen LogP contribution < -0.4 is 5.32 Å². The van der Waals surface area contributed by atoms with E-state index in [1.165, 1.54) is 0 Å². The lowest BCUT2D eigenvalue weighted by Gasteiger charge is -2.19. The average molecular weight is 335 g/mol. The molecule has 1 atom stereocenters. The second-order valence-electron chi connectivity index (χ2n) is 4.13. The summed E-state index contributed by atoms with van der Waals surface area (Å²) in [5.41, 5.74) is 1.63. The Labute approximate surface area is 132 Å². The molecule has 0 fully saturated rings. The van der Waals surface area contributed by atoms with Crippen molar-refractivity contribution in [3.05, 3.63) is 62.1 Å². The van der Waals surface area contributed by atoms with Crippen molar-refractivity contribution in [2.75, 3.05) is 5.32 Å². The highest BCUT2D eigenvalue weighted by Gasteiger charge is 2.13. The number of hydrogen-bond donors (Lipinski definition) is 1. The van der Waals surface area contributed by atoms with Crippen LogP contribution in [0.15, 0.2) is 36.4 Å². The van der Waals surface area contributed by atoms with E-state index in [0.717, 1.165) is 5.56 Å². The number of para-hydroxylation sites is 1. The van der Waals surface area contributed by atoms with Crippen LogP contribution in [0.25, 0.3) is 0 Å². The van der Waals surface area contributed by atoms with Crippen LogP contribution in [0.5, 0.6) is 0 Å². The summed E-state index contributed by atoms with van der Waals surface area (Å²) in [7, 11) is 0. The molecule has 0 amide bonds. The largest absolute Gasteiger partial charge is 0.376 e. The molecule has 2 rings (SSSR count). The minimum absolute atomic E-state index is 0.0397. The van der Waals surface area contributed by atoms with Crippen LogP contribution in [-0.4, -0.2) is 0 Å². The van der Waals surface area contributed by atoms with Gasteiger partial charge in [0.05, 0.1) is 21.8 Å². The summed E-state index contributed by atoms with van der Waals surface area (Å²) in [5.74, 6) is 0. The Morgan fingerprint density at radius 3 is 2.11 bits per heavy atom. The summed E-state index contributed by atoms with van der Waals surface area (Å²) in [6, 6.07) is 10.7. The first-order valence-corrected chi connectivity index (χ1v) is 7.15. The van der Waals surface area contributed by atoms with Crippen molar-refractivity contribution < 1.29 is 0 Å². The van der Waals surface area contributed by atoms with Crippen molar-refractivity contribution >= 4 is 52.1 Å². The molecule has 1 nitrogen and oxygen atoms in total. The molecule has 0 heterocycles. The van der Waals surface area contributed by atoms with Gasteiger partial charge in [-0.15, -0.1) is 0 Å². The molecule has 0 aliphatic heterocycles. The van der Waals surface area contributed by atoms with Crippen LogP contribution in [0.4, 0.5) is 5.69 Å². The predicted octanol–water partition coefficient (Wildman–Crippen LogP) is 6.47. The summed E-state index contributed by atoms with van der Waals surface area (Å²) in [6.07, 6.45) is 0. The van der Waals surface area contributed by atoms with E-state index in [1.54, 1.807) is 30.3 Å². The average Bonchev–Trinajstić information content (AvgIpc) is 2.33. The summed E-state index contributed by atoms with van der Waals surface area (Å²) in [6.45, 7) is 1.98. The Bertz CT molecular complexity index is 578. The van der Waals surface area contributed by atoms with E-state index in [4.69, 9.17) is 46.4 Å². The van der Waals surface area contributed by atoms with Gasteiger partial charge >= 0.3 is 0 Å². The minimum Gasteiger partial charge on any atom is -0.376 e. The third-order valence-electron chi connectivity index (χ3n) is 2.75. The number of halogens is 4. The fourth-order valence-electron chi connectivity index (χ4n) is 1.78. The van der Waals surface area contributed by atoms with E-state index in [1.807, 2.05) is 13.0 Å². The van der Waals surface area contributed by atoms with Gasteiger partial charge in [-0.2, -0.15) is 0 Å². The fraction of sp³-hybridized carbons (Fsp3) is 0.143. The van der Waals surface area contributed by atoms with E-state index in [0.29, 0.717) is 25.8 Å². The highest BCUT2D eigenvalue weighted by Crippen LogP contribution is 2.34. The van der Waals surface area contributed by atoms with Gasteiger partial charge in [0.2, 0.25) is 0 Å². The quantitative estimate of drug-likeness (QED) is 0.677. The first kappa shape index (κ1) is 14.8. The highest BCUT2D eigenvalue weighted by atomic mass is 35.5. The third-order valence-corrected chi connectivity index (χ3v) is 3.94. The lowest BCUT2D eigenvalue weighted by Crippen LogP contribution is -2.08. The smallest absolute Gasteiger partial charge is 0.0723 e. The van der Waals surface area contributed by atoms with Crippen LogP contribution in [0.2, 0.25) is 20.1 Å². The molecule has 0 radical (unpaired) electrons. The topological polar surface area (TPSA) is 12.0 Å². The van der Waals surface area contributed by atoms with Crippen molar-refractivity contribution in [1.29, 1.82) is 0 Å². The second-order valence-corrected chi connectivity index (χ2v) is 5.79. The summed E-state index contributed by atoms with van der Waals surface area (Å²) < 4.78 is 0. The van der Waals surface area contributed by atoms with Gasteiger partial charge in [-0.25, -0.2) is 0 Å². The molecule has 5 heteroatoms. The Hall–Kier alpha value is -0.600. The molecule has 100 valence electrons. The Kier molecular flexibility index (Phi) is 4.86. The van der Waals surface area contributed by atoms with E-state index in [9.17, 15) is 0 Å². The zero-order valence-corrected chi connectivity index (χ0v) is 13.1. The molecule has 0 spiro atoms. The van der Waals surface area contributed by atoms with Crippen LogP contribution in [0.3, 0.4) is 0 Å². The molecule has 0 saturated carbocycles. The zero-order chi connectivity index (χ0) is 14.0. The lowest BCUT2D eigenvalue weighted by molar-refractivity contribution is 0.885. The molecule has 0 bridgehead atoms.